The van der Waals surface area contributed by atoms with Crippen LogP contribution in [0.4, 0.5) is 17.6 Å². The van der Waals surface area contributed by atoms with Crippen LogP contribution in [0.3, 0.4) is 0 Å². The average Bonchev–Trinajstić information content (AvgIpc) is 2.46. The molecule has 0 fully saturated rings. The molecule has 0 spiro atoms. The first-order chi connectivity index (χ1) is 10.3. The Balaban J connectivity index is 2.11. The predicted molar refractivity (Wildman–Crippen MR) is 73.7 cm³/mol. The van der Waals surface area contributed by atoms with E-state index < -0.39 is 29.5 Å². The van der Waals surface area contributed by atoms with Gasteiger partial charge >= 0.3 is 6.18 Å². The van der Waals surface area contributed by atoms with Crippen molar-refractivity contribution in [1.82, 2.24) is 5.32 Å². The van der Waals surface area contributed by atoms with Crippen molar-refractivity contribution in [3.8, 4) is 0 Å². The van der Waals surface area contributed by atoms with Crippen molar-refractivity contribution >= 4 is 5.91 Å². The van der Waals surface area contributed by atoms with E-state index in [0.717, 1.165) is 18.2 Å². The van der Waals surface area contributed by atoms with Crippen molar-refractivity contribution in [3.63, 3.8) is 0 Å². The number of hydrogen-bond acceptors (Lipinski definition) is 1. The molecule has 2 aromatic rings. The molecule has 0 aliphatic carbocycles. The van der Waals surface area contributed by atoms with Crippen LogP contribution in [-0.2, 0) is 6.18 Å². The molecule has 0 saturated carbocycles. The summed E-state index contributed by atoms with van der Waals surface area (Å²) in [6.45, 7) is 1.61. The van der Waals surface area contributed by atoms with E-state index >= 15 is 0 Å². The van der Waals surface area contributed by atoms with Crippen LogP contribution >= 0.6 is 0 Å². The summed E-state index contributed by atoms with van der Waals surface area (Å²) in [5.41, 5.74) is -0.372. The molecule has 2 rings (SSSR count). The lowest BCUT2D eigenvalue weighted by atomic mass is 10.1. The highest BCUT2D eigenvalue weighted by Crippen LogP contribution is 2.29. The summed E-state index contributed by atoms with van der Waals surface area (Å²) in [6.07, 6.45) is -4.40. The minimum atomic E-state index is -4.40. The first kappa shape index (κ1) is 16.0. The third-order valence-corrected chi connectivity index (χ3v) is 3.20. The topological polar surface area (TPSA) is 29.1 Å². The number of amides is 1. The molecule has 0 unspecified atom stereocenters. The molecule has 1 amide bonds. The maximum absolute atomic E-state index is 13.5. The van der Waals surface area contributed by atoms with Crippen LogP contribution in [0.5, 0.6) is 0 Å². The Morgan fingerprint density at radius 1 is 1.05 bits per heavy atom. The number of alkyl halides is 3. The van der Waals surface area contributed by atoms with Crippen LogP contribution < -0.4 is 5.32 Å². The Morgan fingerprint density at radius 2 is 1.64 bits per heavy atom. The molecule has 1 N–H and O–H groups in total. The summed E-state index contributed by atoms with van der Waals surface area (Å²) in [4.78, 5) is 11.9. The van der Waals surface area contributed by atoms with Crippen LogP contribution in [0.1, 0.15) is 34.5 Å². The van der Waals surface area contributed by atoms with Gasteiger partial charge in [0.1, 0.15) is 5.82 Å². The lowest BCUT2D eigenvalue weighted by Gasteiger charge is -2.15. The van der Waals surface area contributed by atoms with Gasteiger partial charge in [-0.25, -0.2) is 4.39 Å². The van der Waals surface area contributed by atoms with Crippen LogP contribution in [0.15, 0.2) is 48.5 Å². The van der Waals surface area contributed by atoms with Gasteiger partial charge in [0.05, 0.1) is 17.2 Å². The molecule has 0 aromatic heterocycles. The SMILES string of the molecule is C[C@@H](NC(=O)c1ccccc1F)c1ccc(C(F)(F)F)cc1. The smallest absolute Gasteiger partial charge is 0.345 e. The molecule has 2 nitrogen and oxygen atoms in total. The van der Waals surface area contributed by atoms with Gasteiger partial charge in [0.25, 0.3) is 5.91 Å². The molecule has 116 valence electrons. The molecule has 0 radical (unpaired) electrons. The normalized spacial score (nSPS) is 12.8. The van der Waals surface area contributed by atoms with Gasteiger partial charge in [-0.3, -0.25) is 4.79 Å². The van der Waals surface area contributed by atoms with E-state index in [1.54, 1.807) is 6.92 Å². The second kappa shape index (κ2) is 6.17. The van der Waals surface area contributed by atoms with Crippen LogP contribution in [0, 0.1) is 5.82 Å². The fourth-order valence-electron chi connectivity index (χ4n) is 1.96. The molecule has 0 aliphatic rings. The Hall–Kier alpha value is -2.37. The number of hydrogen-bond donors (Lipinski definition) is 1. The van der Waals surface area contributed by atoms with E-state index in [1.165, 1.54) is 30.3 Å². The highest BCUT2D eigenvalue weighted by Gasteiger charge is 2.30. The molecule has 0 bridgehead atoms. The Labute approximate surface area is 124 Å². The van der Waals surface area contributed by atoms with E-state index in [1.807, 2.05) is 0 Å². The Morgan fingerprint density at radius 3 is 2.18 bits per heavy atom. The molecule has 22 heavy (non-hydrogen) atoms. The number of nitrogens with one attached hydrogen (secondary N) is 1. The first-order valence-corrected chi connectivity index (χ1v) is 6.51. The molecule has 0 heterocycles. The maximum Gasteiger partial charge on any atom is 0.416 e. The highest BCUT2D eigenvalue weighted by atomic mass is 19.4. The maximum atomic E-state index is 13.5. The highest BCUT2D eigenvalue weighted by molar-refractivity contribution is 5.94. The Bertz CT molecular complexity index is 665. The summed E-state index contributed by atoms with van der Waals surface area (Å²) in [5, 5.41) is 2.55. The average molecular weight is 311 g/mol. The summed E-state index contributed by atoms with van der Waals surface area (Å²) >= 11 is 0. The number of benzene rings is 2. The quantitative estimate of drug-likeness (QED) is 0.840. The lowest BCUT2D eigenvalue weighted by molar-refractivity contribution is -0.137. The van der Waals surface area contributed by atoms with Crippen molar-refractivity contribution in [2.45, 2.75) is 19.1 Å². The van der Waals surface area contributed by atoms with Crippen molar-refractivity contribution in [2.75, 3.05) is 0 Å². The van der Waals surface area contributed by atoms with Gasteiger partial charge < -0.3 is 5.32 Å². The van der Waals surface area contributed by atoms with Crippen molar-refractivity contribution in [1.29, 1.82) is 0 Å². The van der Waals surface area contributed by atoms with E-state index in [4.69, 9.17) is 0 Å². The largest absolute Gasteiger partial charge is 0.416 e. The summed E-state index contributed by atoms with van der Waals surface area (Å²) in [7, 11) is 0. The second-order valence-electron chi connectivity index (χ2n) is 4.79. The van der Waals surface area contributed by atoms with E-state index in [-0.39, 0.29) is 5.56 Å². The zero-order chi connectivity index (χ0) is 16.3. The van der Waals surface area contributed by atoms with Gasteiger partial charge in [0.2, 0.25) is 0 Å². The second-order valence-corrected chi connectivity index (χ2v) is 4.79. The fourth-order valence-corrected chi connectivity index (χ4v) is 1.96. The molecule has 0 saturated heterocycles. The lowest BCUT2D eigenvalue weighted by Crippen LogP contribution is -2.27. The van der Waals surface area contributed by atoms with Crippen LogP contribution in [0.25, 0.3) is 0 Å². The van der Waals surface area contributed by atoms with Crippen molar-refractivity contribution in [3.05, 3.63) is 71.0 Å². The number of rotatable bonds is 3. The zero-order valence-electron chi connectivity index (χ0n) is 11.6. The monoisotopic (exact) mass is 311 g/mol. The number of carbonyl (C=O) groups excluding carboxylic acids is 1. The van der Waals surface area contributed by atoms with E-state index in [9.17, 15) is 22.4 Å². The predicted octanol–water partition coefficient (Wildman–Crippen LogP) is 4.34. The summed E-state index contributed by atoms with van der Waals surface area (Å²) < 4.78 is 50.9. The van der Waals surface area contributed by atoms with Gasteiger partial charge in [-0.1, -0.05) is 24.3 Å². The molecule has 0 aliphatic heterocycles. The minimum Gasteiger partial charge on any atom is -0.345 e. The molecule has 1 atom stereocenters. The zero-order valence-corrected chi connectivity index (χ0v) is 11.6. The number of halogens is 4. The summed E-state index contributed by atoms with van der Waals surface area (Å²) in [5.74, 6) is -1.27. The van der Waals surface area contributed by atoms with Crippen molar-refractivity contribution < 1.29 is 22.4 Å². The molecule has 6 heteroatoms. The van der Waals surface area contributed by atoms with Gasteiger partial charge in [-0.05, 0) is 36.8 Å². The Kier molecular flexibility index (Phi) is 4.49. The van der Waals surface area contributed by atoms with E-state index in [0.29, 0.717) is 5.56 Å². The molecule has 2 aromatic carbocycles. The van der Waals surface area contributed by atoms with Gasteiger partial charge in [0.15, 0.2) is 0 Å². The van der Waals surface area contributed by atoms with Gasteiger partial charge in [-0.15, -0.1) is 0 Å². The fraction of sp³-hybridized carbons (Fsp3) is 0.188. The van der Waals surface area contributed by atoms with Gasteiger partial charge in [0, 0.05) is 0 Å². The van der Waals surface area contributed by atoms with E-state index in [2.05, 4.69) is 5.32 Å². The molecular weight excluding hydrogens is 298 g/mol. The van der Waals surface area contributed by atoms with Crippen LogP contribution in [-0.4, -0.2) is 5.91 Å². The minimum absolute atomic E-state index is 0.110. The van der Waals surface area contributed by atoms with Crippen molar-refractivity contribution in [2.24, 2.45) is 0 Å². The molecular formula is C16H13F4NO. The number of carbonyl (C=O) groups is 1. The third-order valence-electron chi connectivity index (χ3n) is 3.20. The third kappa shape index (κ3) is 3.63. The standard InChI is InChI=1S/C16H13F4NO/c1-10(11-6-8-12(9-7-11)16(18,19)20)21-15(22)13-4-2-3-5-14(13)17/h2-10H,1H3,(H,21,22)/t10-/m1/s1. The summed E-state index contributed by atoms with van der Waals surface area (Å²) in [6, 6.07) is 9.41. The van der Waals surface area contributed by atoms with Crippen LogP contribution in [0.2, 0.25) is 0 Å². The van der Waals surface area contributed by atoms with Gasteiger partial charge in [-0.2, -0.15) is 13.2 Å². The first-order valence-electron chi connectivity index (χ1n) is 6.51.